The van der Waals surface area contributed by atoms with Crippen molar-refractivity contribution >= 4 is 60.9 Å². The van der Waals surface area contributed by atoms with Gasteiger partial charge in [-0.2, -0.15) is 0 Å². The first kappa shape index (κ1) is 9.68. The summed E-state index contributed by atoms with van der Waals surface area (Å²) in [5, 5.41) is 2.86. The fraction of sp³-hybridized carbons (Fsp3) is 0. The summed E-state index contributed by atoms with van der Waals surface area (Å²) in [6, 6.07) is 3.92. The third-order valence-corrected chi connectivity index (χ3v) is 3.37. The fourth-order valence-corrected chi connectivity index (χ4v) is 2.63. The lowest BCUT2D eigenvalue weighted by atomic mass is 10.2. The minimum atomic E-state index is 0.732. The van der Waals surface area contributed by atoms with Crippen molar-refractivity contribution in [3.8, 4) is 0 Å². The molecule has 0 saturated carbocycles. The Morgan fingerprint density at radius 1 is 1.23 bits per heavy atom. The molecule has 0 bridgehead atoms. The number of halogens is 3. The number of hydrogen-bond acceptors (Lipinski definition) is 1. The van der Waals surface area contributed by atoms with Gasteiger partial charge in [-0.15, -0.1) is 0 Å². The van der Waals surface area contributed by atoms with E-state index in [1.807, 2.05) is 18.3 Å². The molecule has 2 aromatic rings. The normalized spacial score (nSPS) is 10.7. The van der Waals surface area contributed by atoms with Gasteiger partial charge in [0.1, 0.15) is 0 Å². The van der Waals surface area contributed by atoms with Crippen LogP contribution in [0.2, 0.25) is 5.02 Å². The highest BCUT2D eigenvalue weighted by Crippen LogP contribution is 2.29. The molecule has 0 aliphatic heterocycles. The van der Waals surface area contributed by atoms with Crippen molar-refractivity contribution in [1.29, 1.82) is 0 Å². The molecule has 0 amide bonds. The summed E-state index contributed by atoms with van der Waals surface area (Å²) >= 11 is 11.7. The Balaban J connectivity index is 2.94. The summed E-state index contributed by atoms with van der Waals surface area (Å²) in [6.45, 7) is 0. The van der Waals surface area contributed by atoms with E-state index < -0.39 is 0 Å². The third kappa shape index (κ3) is 1.82. The van der Waals surface area contributed by atoms with Gasteiger partial charge in [0, 0.05) is 31.2 Å². The van der Waals surface area contributed by atoms with Crippen molar-refractivity contribution in [2.75, 3.05) is 0 Å². The zero-order chi connectivity index (χ0) is 9.42. The van der Waals surface area contributed by atoms with E-state index in [1.165, 1.54) is 0 Å². The molecular weight excluding hydrogens is 364 g/mol. The zero-order valence-corrected chi connectivity index (χ0v) is 10.9. The molecule has 1 nitrogen and oxygen atoms in total. The molecule has 2 rings (SSSR count). The summed E-state index contributed by atoms with van der Waals surface area (Å²) < 4.78 is 2.10. The maximum absolute atomic E-state index is 6.06. The fourth-order valence-electron chi connectivity index (χ4n) is 1.16. The second-order valence-electron chi connectivity index (χ2n) is 2.60. The van der Waals surface area contributed by atoms with Crippen LogP contribution in [0.3, 0.4) is 0 Å². The largest absolute Gasteiger partial charge is 0.263 e. The van der Waals surface area contributed by atoms with Gasteiger partial charge in [-0.25, -0.2) is 0 Å². The molecule has 1 aromatic heterocycles. The Morgan fingerprint density at radius 3 is 2.77 bits per heavy atom. The minimum Gasteiger partial charge on any atom is -0.263 e. The van der Waals surface area contributed by atoms with Crippen molar-refractivity contribution in [2.45, 2.75) is 0 Å². The molecule has 0 N–H and O–H groups in total. The van der Waals surface area contributed by atoms with Gasteiger partial charge in [0.25, 0.3) is 0 Å². The Kier molecular flexibility index (Phi) is 2.76. The van der Waals surface area contributed by atoms with Crippen LogP contribution in [0.5, 0.6) is 0 Å². The van der Waals surface area contributed by atoms with Gasteiger partial charge in [-0.1, -0.05) is 27.5 Å². The number of benzene rings is 1. The van der Waals surface area contributed by atoms with Gasteiger partial charge in [0.2, 0.25) is 0 Å². The van der Waals surface area contributed by atoms with Crippen LogP contribution in [0, 0.1) is 3.57 Å². The van der Waals surface area contributed by atoms with Gasteiger partial charge in [-0.05, 0) is 34.7 Å². The van der Waals surface area contributed by atoms with Crippen LogP contribution in [0.1, 0.15) is 0 Å². The van der Waals surface area contributed by atoms with Crippen molar-refractivity contribution in [1.82, 2.24) is 4.98 Å². The zero-order valence-electron chi connectivity index (χ0n) is 6.39. The van der Waals surface area contributed by atoms with Crippen molar-refractivity contribution < 1.29 is 0 Å². The second-order valence-corrected chi connectivity index (χ2v) is 5.09. The standard InChI is InChI=1S/C9H4BrClIN/c10-5-1-6-7(8(11)2-5)3-13-4-9(6)12/h1-4H. The molecule has 0 unspecified atom stereocenters. The Labute approximate surface area is 103 Å². The molecule has 1 aromatic carbocycles. The molecule has 4 heteroatoms. The lowest BCUT2D eigenvalue weighted by molar-refractivity contribution is 1.34. The summed E-state index contributed by atoms with van der Waals surface area (Å²) in [6.07, 6.45) is 3.61. The van der Waals surface area contributed by atoms with Crippen LogP contribution in [0.4, 0.5) is 0 Å². The summed E-state index contributed by atoms with van der Waals surface area (Å²) in [5.74, 6) is 0. The predicted octanol–water partition coefficient (Wildman–Crippen LogP) is 4.26. The SMILES string of the molecule is Clc1cc(Br)cc2c(I)cncc12. The summed E-state index contributed by atoms with van der Waals surface area (Å²) in [4.78, 5) is 4.10. The molecule has 13 heavy (non-hydrogen) atoms. The molecule has 1 heterocycles. The second kappa shape index (κ2) is 3.71. The number of nitrogens with zero attached hydrogens (tertiary/aromatic N) is 1. The summed E-state index contributed by atoms with van der Waals surface area (Å²) in [5.41, 5.74) is 0. The Morgan fingerprint density at radius 2 is 2.00 bits per heavy atom. The van der Waals surface area contributed by atoms with Crippen LogP contribution in [-0.2, 0) is 0 Å². The van der Waals surface area contributed by atoms with E-state index in [0.717, 1.165) is 23.8 Å². The predicted molar refractivity (Wildman–Crippen MR) is 67.2 cm³/mol. The van der Waals surface area contributed by atoms with Crippen LogP contribution < -0.4 is 0 Å². The van der Waals surface area contributed by atoms with Gasteiger partial charge in [-0.3, -0.25) is 4.98 Å². The third-order valence-electron chi connectivity index (χ3n) is 1.74. The van der Waals surface area contributed by atoms with Crippen molar-refractivity contribution in [3.05, 3.63) is 37.6 Å². The van der Waals surface area contributed by atoms with E-state index in [-0.39, 0.29) is 0 Å². The number of hydrogen-bond donors (Lipinski definition) is 0. The molecular formula is C9H4BrClIN. The average Bonchev–Trinajstić information content (AvgIpc) is 2.07. The molecule has 0 aliphatic carbocycles. The smallest absolute Gasteiger partial charge is 0.0511 e. The topological polar surface area (TPSA) is 12.9 Å². The minimum absolute atomic E-state index is 0.732. The van der Waals surface area contributed by atoms with Crippen LogP contribution >= 0.6 is 50.1 Å². The van der Waals surface area contributed by atoms with Crippen molar-refractivity contribution in [3.63, 3.8) is 0 Å². The van der Waals surface area contributed by atoms with E-state index in [0.29, 0.717) is 0 Å². The maximum Gasteiger partial charge on any atom is 0.0511 e. The Hall–Kier alpha value is 0.130. The summed E-state index contributed by atoms with van der Waals surface area (Å²) in [7, 11) is 0. The lowest BCUT2D eigenvalue weighted by Gasteiger charge is -2.02. The van der Waals surface area contributed by atoms with Gasteiger partial charge in [0.15, 0.2) is 0 Å². The van der Waals surface area contributed by atoms with Gasteiger partial charge in [0.05, 0.1) is 5.02 Å². The molecule has 66 valence electrons. The molecule has 0 spiro atoms. The molecule has 0 fully saturated rings. The number of rotatable bonds is 0. The quantitative estimate of drug-likeness (QED) is 0.634. The molecule has 0 aliphatic rings. The highest BCUT2D eigenvalue weighted by Gasteiger charge is 2.03. The number of fused-ring (bicyclic) bond motifs is 1. The first-order valence-electron chi connectivity index (χ1n) is 3.57. The average molecular weight is 368 g/mol. The highest BCUT2D eigenvalue weighted by atomic mass is 127. The van der Waals surface area contributed by atoms with Crippen LogP contribution in [-0.4, -0.2) is 4.98 Å². The highest BCUT2D eigenvalue weighted by molar-refractivity contribution is 14.1. The van der Waals surface area contributed by atoms with Crippen LogP contribution in [0.25, 0.3) is 10.8 Å². The monoisotopic (exact) mass is 367 g/mol. The molecule has 0 atom stereocenters. The van der Waals surface area contributed by atoms with E-state index in [9.17, 15) is 0 Å². The van der Waals surface area contributed by atoms with E-state index >= 15 is 0 Å². The van der Waals surface area contributed by atoms with Gasteiger partial charge >= 0.3 is 0 Å². The number of aromatic nitrogens is 1. The van der Waals surface area contributed by atoms with E-state index in [4.69, 9.17) is 11.6 Å². The van der Waals surface area contributed by atoms with E-state index in [1.54, 1.807) is 6.20 Å². The van der Waals surface area contributed by atoms with Crippen molar-refractivity contribution in [2.24, 2.45) is 0 Å². The number of pyridine rings is 1. The van der Waals surface area contributed by atoms with Gasteiger partial charge < -0.3 is 0 Å². The Bertz CT molecular complexity index is 472. The molecule has 0 saturated heterocycles. The maximum atomic E-state index is 6.06. The lowest BCUT2D eigenvalue weighted by Crippen LogP contribution is -1.82. The first-order valence-corrected chi connectivity index (χ1v) is 5.82. The van der Waals surface area contributed by atoms with E-state index in [2.05, 4.69) is 43.5 Å². The van der Waals surface area contributed by atoms with Crippen LogP contribution in [0.15, 0.2) is 29.0 Å². The first-order chi connectivity index (χ1) is 6.18. The molecule has 0 radical (unpaired) electrons.